The van der Waals surface area contributed by atoms with Crippen LogP contribution in [0.1, 0.15) is 25.7 Å². The molecule has 0 aliphatic carbocycles. The third-order valence-electron chi connectivity index (χ3n) is 5.71. The van der Waals surface area contributed by atoms with Crippen LogP contribution in [0.5, 0.6) is 0 Å². The van der Waals surface area contributed by atoms with Crippen molar-refractivity contribution in [3.63, 3.8) is 0 Å². The van der Waals surface area contributed by atoms with Gasteiger partial charge in [-0.15, -0.1) is 0 Å². The number of piperidine rings is 1. The lowest BCUT2D eigenvalue weighted by Crippen LogP contribution is -2.62. The monoisotopic (exact) mass is 425 g/mol. The zero-order valence-corrected chi connectivity index (χ0v) is 16.4. The van der Waals surface area contributed by atoms with Crippen LogP contribution >= 0.6 is 0 Å². The fourth-order valence-electron chi connectivity index (χ4n) is 3.90. The second kappa shape index (κ2) is 11.8. The highest BCUT2D eigenvalue weighted by Gasteiger charge is 2.44. The summed E-state index contributed by atoms with van der Waals surface area (Å²) in [5.41, 5.74) is 0. The highest BCUT2D eigenvalue weighted by atomic mass is 16.7. The van der Waals surface area contributed by atoms with E-state index in [-0.39, 0.29) is 19.8 Å². The number of aliphatic hydroxyl groups excluding tert-OH is 8. The molecule has 0 bridgehead atoms. The average Bonchev–Trinajstić information content (AvgIpc) is 2.70. The molecule has 2 aliphatic heterocycles. The molecule has 2 rings (SSSR count). The smallest absolute Gasteiger partial charge is 0.184 e. The van der Waals surface area contributed by atoms with Gasteiger partial charge in [-0.1, -0.05) is 12.8 Å². The first kappa shape index (κ1) is 24.8. The molecule has 0 spiro atoms. The van der Waals surface area contributed by atoms with E-state index in [1.807, 2.05) is 0 Å². The van der Waals surface area contributed by atoms with Gasteiger partial charge in [0.25, 0.3) is 0 Å². The van der Waals surface area contributed by atoms with Crippen LogP contribution in [-0.2, 0) is 9.47 Å². The summed E-state index contributed by atoms with van der Waals surface area (Å²) in [6.07, 6.45) is -6.79. The van der Waals surface area contributed by atoms with Crippen LogP contribution in [-0.4, -0.2) is 134 Å². The third-order valence-corrected chi connectivity index (χ3v) is 5.71. The third kappa shape index (κ3) is 6.28. The van der Waals surface area contributed by atoms with Crippen molar-refractivity contribution in [3.05, 3.63) is 0 Å². The SMILES string of the molecule is OC[C@@H]1[C@@H](O)[C@H](O)[C@@H](O)CN1CCCCCCO[C@H]1[C@H](O)[C@@H](O)C(O)O[C@@H]1CO. The second-order valence-corrected chi connectivity index (χ2v) is 7.77. The minimum Gasteiger partial charge on any atom is -0.395 e. The van der Waals surface area contributed by atoms with E-state index in [4.69, 9.17) is 9.47 Å². The molecular weight excluding hydrogens is 390 g/mol. The normalized spacial score (nSPS) is 41.6. The number of hydrogen-bond donors (Lipinski definition) is 8. The number of rotatable bonds is 10. The molecule has 0 aromatic rings. The number of aliphatic hydroxyl groups is 8. The van der Waals surface area contributed by atoms with Crippen molar-refractivity contribution in [1.29, 1.82) is 0 Å². The first-order valence-electron chi connectivity index (χ1n) is 10.1. The Bertz CT molecular complexity index is 470. The van der Waals surface area contributed by atoms with E-state index in [0.717, 1.165) is 19.3 Å². The summed E-state index contributed by atoms with van der Waals surface area (Å²) in [5, 5.41) is 77.3. The van der Waals surface area contributed by atoms with Crippen molar-refractivity contribution in [2.24, 2.45) is 0 Å². The number of β-amino-alcohol motifs (C(OH)–C–C–N with tert-alkyl or cyclic N) is 1. The lowest BCUT2D eigenvalue weighted by Gasteiger charge is -2.43. The molecule has 1 unspecified atom stereocenters. The number of ether oxygens (including phenoxy) is 2. The first-order valence-corrected chi connectivity index (χ1v) is 10.1. The maximum atomic E-state index is 9.99. The maximum absolute atomic E-state index is 9.99. The van der Waals surface area contributed by atoms with Crippen molar-refractivity contribution >= 4 is 0 Å². The lowest BCUT2D eigenvalue weighted by atomic mass is 9.94. The molecule has 11 heteroatoms. The quantitative estimate of drug-likeness (QED) is 0.160. The predicted octanol–water partition coefficient (Wildman–Crippen LogP) is -3.88. The van der Waals surface area contributed by atoms with Crippen molar-refractivity contribution in [2.45, 2.75) is 80.7 Å². The van der Waals surface area contributed by atoms with Crippen LogP contribution in [0.4, 0.5) is 0 Å². The van der Waals surface area contributed by atoms with Gasteiger partial charge in [0.15, 0.2) is 6.29 Å². The zero-order chi connectivity index (χ0) is 21.6. The van der Waals surface area contributed by atoms with Crippen LogP contribution in [0, 0.1) is 0 Å². The zero-order valence-electron chi connectivity index (χ0n) is 16.4. The molecule has 2 aliphatic rings. The van der Waals surface area contributed by atoms with Gasteiger partial charge in [0.1, 0.15) is 36.6 Å². The van der Waals surface area contributed by atoms with E-state index in [1.165, 1.54) is 0 Å². The molecule has 8 N–H and O–H groups in total. The fourth-order valence-corrected chi connectivity index (χ4v) is 3.90. The van der Waals surface area contributed by atoms with Gasteiger partial charge < -0.3 is 50.3 Å². The van der Waals surface area contributed by atoms with E-state index in [0.29, 0.717) is 13.0 Å². The van der Waals surface area contributed by atoms with Crippen LogP contribution < -0.4 is 0 Å². The number of hydrogen-bond acceptors (Lipinski definition) is 11. The van der Waals surface area contributed by atoms with E-state index >= 15 is 0 Å². The Morgan fingerprint density at radius 3 is 2.14 bits per heavy atom. The van der Waals surface area contributed by atoms with E-state index in [2.05, 4.69) is 0 Å². The molecule has 172 valence electrons. The Hall–Kier alpha value is -0.440. The molecule has 2 saturated heterocycles. The molecule has 0 amide bonds. The Morgan fingerprint density at radius 1 is 0.793 bits per heavy atom. The van der Waals surface area contributed by atoms with E-state index in [9.17, 15) is 40.9 Å². The first-order chi connectivity index (χ1) is 13.8. The Labute approximate surface area is 169 Å². The minimum absolute atomic E-state index is 0.183. The van der Waals surface area contributed by atoms with Gasteiger partial charge in [0, 0.05) is 13.2 Å². The summed E-state index contributed by atoms with van der Waals surface area (Å²) >= 11 is 0. The fraction of sp³-hybridized carbons (Fsp3) is 1.00. The molecule has 2 fully saturated rings. The summed E-state index contributed by atoms with van der Waals surface area (Å²) in [4.78, 5) is 1.77. The number of nitrogens with zero attached hydrogens (tertiary/aromatic N) is 1. The maximum Gasteiger partial charge on any atom is 0.184 e. The standard InChI is InChI=1S/C18H35NO10/c20-8-10-13(23)14(24)11(22)7-19(10)5-3-1-2-4-6-28-17-12(9-21)29-18(27)16(26)15(17)25/h10-18,20-27H,1-9H2/t10-,11+,12-,13-,14-,15-,16-,17-,18?/m1/s1. The predicted molar refractivity (Wildman–Crippen MR) is 98.7 cm³/mol. The van der Waals surface area contributed by atoms with Gasteiger partial charge in [-0.25, -0.2) is 0 Å². The number of unbranched alkanes of at least 4 members (excludes halogenated alkanes) is 3. The summed E-state index contributed by atoms with van der Waals surface area (Å²) in [7, 11) is 0. The minimum atomic E-state index is -1.57. The van der Waals surface area contributed by atoms with Crippen LogP contribution in [0.3, 0.4) is 0 Å². The molecule has 29 heavy (non-hydrogen) atoms. The summed E-state index contributed by atoms with van der Waals surface area (Å²) < 4.78 is 10.6. The van der Waals surface area contributed by atoms with Gasteiger partial charge >= 0.3 is 0 Å². The van der Waals surface area contributed by atoms with Gasteiger partial charge in [-0.2, -0.15) is 0 Å². The molecule has 0 aromatic heterocycles. The van der Waals surface area contributed by atoms with Crippen LogP contribution in [0.25, 0.3) is 0 Å². The van der Waals surface area contributed by atoms with Crippen LogP contribution in [0.15, 0.2) is 0 Å². The number of likely N-dealkylation sites (tertiary alicyclic amines) is 1. The van der Waals surface area contributed by atoms with E-state index < -0.39 is 61.7 Å². The van der Waals surface area contributed by atoms with Crippen molar-refractivity contribution in [2.75, 3.05) is 32.9 Å². The van der Waals surface area contributed by atoms with Gasteiger partial charge in [-0.3, -0.25) is 4.90 Å². The average molecular weight is 425 g/mol. The topological polar surface area (TPSA) is 184 Å². The Balaban J connectivity index is 1.64. The molecular formula is C18H35NO10. The van der Waals surface area contributed by atoms with Crippen LogP contribution in [0.2, 0.25) is 0 Å². The van der Waals surface area contributed by atoms with Crippen molar-refractivity contribution in [1.82, 2.24) is 4.90 Å². The summed E-state index contributed by atoms with van der Waals surface area (Å²) in [5.74, 6) is 0. The van der Waals surface area contributed by atoms with Gasteiger partial charge in [0.2, 0.25) is 0 Å². The second-order valence-electron chi connectivity index (χ2n) is 7.77. The largest absolute Gasteiger partial charge is 0.395 e. The summed E-state index contributed by atoms with van der Waals surface area (Å²) in [6, 6.07) is -0.610. The van der Waals surface area contributed by atoms with Gasteiger partial charge in [-0.05, 0) is 19.4 Å². The van der Waals surface area contributed by atoms with E-state index in [1.54, 1.807) is 4.90 Å². The Kier molecular flexibility index (Phi) is 10.1. The summed E-state index contributed by atoms with van der Waals surface area (Å²) in [6.45, 7) is 0.246. The highest BCUT2D eigenvalue weighted by molar-refractivity contribution is 4.94. The molecule has 9 atom stereocenters. The van der Waals surface area contributed by atoms with Gasteiger partial charge in [0.05, 0.1) is 25.4 Å². The van der Waals surface area contributed by atoms with Crippen molar-refractivity contribution < 1.29 is 50.3 Å². The molecule has 11 nitrogen and oxygen atoms in total. The Morgan fingerprint density at radius 2 is 1.48 bits per heavy atom. The molecule has 2 heterocycles. The molecule has 0 radical (unpaired) electrons. The van der Waals surface area contributed by atoms with Crippen molar-refractivity contribution in [3.8, 4) is 0 Å². The molecule has 0 aromatic carbocycles. The lowest BCUT2D eigenvalue weighted by molar-refractivity contribution is -0.294. The molecule has 0 saturated carbocycles. The highest BCUT2D eigenvalue weighted by Crippen LogP contribution is 2.23.